The number of aliphatic hydroxyl groups is 1. The maximum Gasteiger partial charge on any atom is 0.141 e. The molecule has 0 aliphatic rings. The van der Waals surface area contributed by atoms with Crippen molar-refractivity contribution in [1.29, 1.82) is 0 Å². The van der Waals surface area contributed by atoms with Gasteiger partial charge in [-0.1, -0.05) is 19.1 Å². The van der Waals surface area contributed by atoms with Gasteiger partial charge in [0, 0.05) is 6.42 Å². The second kappa shape index (κ2) is 5.50. The molecule has 0 saturated carbocycles. The summed E-state index contributed by atoms with van der Waals surface area (Å²) in [5.74, 6) is -0.405. The predicted octanol–water partition coefficient (Wildman–Crippen LogP) is 3.67. The number of halogens is 1. The minimum absolute atomic E-state index is 0.376. The lowest BCUT2D eigenvalue weighted by Crippen LogP contribution is -2.28. The highest BCUT2D eigenvalue weighted by Crippen LogP contribution is 2.31. The molecule has 0 saturated heterocycles. The second-order valence-electron chi connectivity index (χ2n) is 5.00. The highest BCUT2D eigenvalue weighted by atomic mass is 32.1. The lowest BCUT2D eigenvalue weighted by atomic mass is 9.92. The summed E-state index contributed by atoms with van der Waals surface area (Å²) >= 11 is 1.56. The van der Waals surface area contributed by atoms with Gasteiger partial charge in [0.1, 0.15) is 11.4 Å². The predicted molar refractivity (Wildman–Crippen MR) is 81.7 cm³/mol. The van der Waals surface area contributed by atoms with Gasteiger partial charge in [-0.25, -0.2) is 9.37 Å². The fourth-order valence-electron chi connectivity index (χ4n) is 2.29. The van der Waals surface area contributed by atoms with Crippen molar-refractivity contribution >= 4 is 21.6 Å². The molecule has 0 radical (unpaired) electrons. The summed E-state index contributed by atoms with van der Waals surface area (Å²) in [6, 6.07) is 10.7. The molecule has 0 aliphatic carbocycles. The van der Waals surface area contributed by atoms with Crippen LogP contribution in [0.2, 0.25) is 0 Å². The molecule has 3 rings (SSSR count). The smallest absolute Gasteiger partial charge is 0.141 e. The first-order chi connectivity index (χ1) is 10.1. The van der Waals surface area contributed by atoms with Gasteiger partial charge in [-0.2, -0.15) is 0 Å². The minimum Gasteiger partial charge on any atom is -0.383 e. The zero-order valence-corrected chi connectivity index (χ0v) is 12.4. The Labute approximate surface area is 126 Å². The summed E-state index contributed by atoms with van der Waals surface area (Å²) in [5.41, 5.74) is 0.287. The van der Waals surface area contributed by atoms with Crippen LogP contribution in [0.4, 0.5) is 4.39 Å². The van der Waals surface area contributed by atoms with Gasteiger partial charge in [0.05, 0.1) is 27.1 Å². The summed E-state index contributed by atoms with van der Waals surface area (Å²) in [6.45, 7) is 1.89. The molecule has 2 aromatic heterocycles. The zero-order valence-electron chi connectivity index (χ0n) is 11.6. The van der Waals surface area contributed by atoms with Crippen molar-refractivity contribution in [1.82, 2.24) is 9.97 Å². The SMILES string of the molecule is CCC(O)(Cc1nc2ccccc2s1)c1ccc(F)cn1. The molecular weight excluding hydrogens is 287 g/mol. The molecule has 1 atom stereocenters. The highest BCUT2D eigenvalue weighted by molar-refractivity contribution is 7.18. The summed E-state index contributed by atoms with van der Waals surface area (Å²) < 4.78 is 14.1. The number of benzene rings is 1. The maximum atomic E-state index is 13.0. The molecule has 3 aromatic rings. The standard InChI is InChI=1S/C16H15FN2OS/c1-2-16(20,14-8-7-11(17)10-18-14)9-15-19-12-5-3-4-6-13(12)21-15/h3-8,10,20H,2,9H2,1H3. The molecule has 21 heavy (non-hydrogen) atoms. The van der Waals surface area contributed by atoms with E-state index in [0.717, 1.165) is 21.4 Å². The minimum atomic E-state index is -1.12. The molecular formula is C16H15FN2OS. The number of para-hydroxylation sites is 1. The van der Waals surface area contributed by atoms with Crippen molar-refractivity contribution in [2.45, 2.75) is 25.4 Å². The normalized spacial score (nSPS) is 14.2. The van der Waals surface area contributed by atoms with Crippen molar-refractivity contribution in [2.24, 2.45) is 0 Å². The van der Waals surface area contributed by atoms with E-state index in [9.17, 15) is 9.50 Å². The zero-order chi connectivity index (χ0) is 14.9. The van der Waals surface area contributed by atoms with Crippen LogP contribution >= 0.6 is 11.3 Å². The van der Waals surface area contributed by atoms with E-state index >= 15 is 0 Å². The van der Waals surface area contributed by atoms with Gasteiger partial charge in [-0.15, -0.1) is 11.3 Å². The molecule has 1 aromatic carbocycles. The van der Waals surface area contributed by atoms with Gasteiger partial charge in [-0.05, 0) is 30.7 Å². The summed E-state index contributed by atoms with van der Waals surface area (Å²) in [7, 11) is 0. The van der Waals surface area contributed by atoms with Gasteiger partial charge in [0.15, 0.2) is 0 Å². The molecule has 0 amide bonds. The van der Waals surface area contributed by atoms with Crippen LogP contribution in [0, 0.1) is 5.82 Å². The fourth-order valence-corrected chi connectivity index (χ4v) is 3.37. The molecule has 0 fully saturated rings. The highest BCUT2D eigenvalue weighted by Gasteiger charge is 2.30. The number of fused-ring (bicyclic) bond motifs is 1. The number of nitrogens with zero attached hydrogens (tertiary/aromatic N) is 2. The molecule has 1 N–H and O–H groups in total. The average Bonchev–Trinajstić information content (AvgIpc) is 2.89. The van der Waals surface area contributed by atoms with Crippen molar-refractivity contribution < 1.29 is 9.50 Å². The third-order valence-corrected chi connectivity index (χ3v) is 4.61. The van der Waals surface area contributed by atoms with E-state index in [-0.39, 0.29) is 0 Å². The quantitative estimate of drug-likeness (QED) is 0.800. The average molecular weight is 302 g/mol. The van der Waals surface area contributed by atoms with E-state index in [1.54, 1.807) is 11.3 Å². The van der Waals surface area contributed by atoms with E-state index in [2.05, 4.69) is 9.97 Å². The molecule has 1 unspecified atom stereocenters. The van der Waals surface area contributed by atoms with Crippen LogP contribution in [-0.2, 0) is 12.0 Å². The van der Waals surface area contributed by atoms with E-state index in [1.165, 1.54) is 12.1 Å². The van der Waals surface area contributed by atoms with Crippen LogP contribution in [-0.4, -0.2) is 15.1 Å². The van der Waals surface area contributed by atoms with Crippen LogP contribution in [0.3, 0.4) is 0 Å². The summed E-state index contributed by atoms with van der Waals surface area (Å²) in [6.07, 6.45) is 2.00. The first-order valence-electron chi connectivity index (χ1n) is 6.79. The number of aromatic nitrogens is 2. The first kappa shape index (κ1) is 14.1. The number of hydrogen-bond acceptors (Lipinski definition) is 4. The number of rotatable bonds is 4. The Morgan fingerprint density at radius 2 is 2.05 bits per heavy atom. The Bertz CT molecular complexity index is 723. The molecule has 5 heteroatoms. The van der Waals surface area contributed by atoms with Gasteiger partial charge in [0.2, 0.25) is 0 Å². The van der Waals surface area contributed by atoms with Gasteiger partial charge >= 0.3 is 0 Å². The Hall–Kier alpha value is -1.85. The van der Waals surface area contributed by atoms with E-state index in [4.69, 9.17) is 0 Å². The van der Waals surface area contributed by atoms with Crippen molar-refractivity contribution in [2.75, 3.05) is 0 Å². The van der Waals surface area contributed by atoms with E-state index in [0.29, 0.717) is 18.5 Å². The molecule has 108 valence electrons. The third kappa shape index (κ3) is 2.80. The Kier molecular flexibility index (Phi) is 3.69. The van der Waals surface area contributed by atoms with Crippen LogP contribution in [0.25, 0.3) is 10.2 Å². The summed E-state index contributed by atoms with van der Waals surface area (Å²) in [4.78, 5) is 8.57. The van der Waals surface area contributed by atoms with E-state index < -0.39 is 11.4 Å². The Morgan fingerprint density at radius 1 is 1.24 bits per heavy atom. The molecule has 0 bridgehead atoms. The van der Waals surface area contributed by atoms with Crippen molar-refractivity contribution in [3.8, 4) is 0 Å². The lowest BCUT2D eigenvalue weighted by molar-refractivity contribution is 0.0282. The second-order valence-corrected chi connectivity index (χ2v) is 6.11. The number of thiazole rings is 1. The monoisotopic (exact) mass is 302 g/mol. The fraction of sp³-hybridized carbons (Fsp3) is 0.250. The Morgan fingerprint density at radius 3 is 2.71 bits per heavy atom. The maximum absolute atomic E-state index is 13.0. The van der Waals surface area contributed by atoms with E-state index in [1.807, 2.05) is 31.2 Å². The van der Waals surface area contributed by atoms with Crippen molar-refractivity contribution in [3.05, 3.63) is 59.1 Å². The van der Waals surface area contributed by atoms with Crippen LogP contribution in [0.1, 0.15) is 24.0 Å². The third-order valence-electron chi connectivity index (χ3n) is 3.57. The first-order valence-corrected chi connectivity index (χ1v) is 7.61. The van der Waals surface area contributed by atoms with Gasteiger partial charge in [-0.3, -0.25) is 4.98 Å². The molecule has 2 heterocycles. The number of pyridine rings is 1. The Balaban J connectivity index is 1.94. The largest absolute Gasteiger partial charge is 0.383 e. The summed E-state index contributed by atoms with van der Waals surface area (Å²) in [5, 5.41) is 11.7. The topological polar surface area (TPSA) is 46.0 Å². The molecule has 0 aliphatic heterocycles. The van der Waals surface area contributed by atoms with Crippen LogP contribution in [0.5, 0.6) is 0 Å². The van der Waals surface area contributed by atoms with Crippen molar-refractivity contribution in [3.63, 3.8) is 0 Å². The molecule has 0 spiro atoms. The van der Waals surface area contributed by atoms with Crippen LogP contribution in [0.15, 0.2) is 42.6 Å². The number of hydrogen-bond donors (Lipinski definition) is 1. The van der Waals surface area contributed by atoms with Gasteiger partial charge in [0.25, 0.3) is 0 Å². The molecule has 3 nitrogen and oxygen atoms in total. The van der Waals surface area contributed by atoms with Crippen LogP contribution < -0.4 is 0 Å². The van der Waals surface area contributed by atoms with Gasteiger partial charge < -0.3 is 5.11 Å². The lowest BCUT2D eigenvalue weighted by Gasteiger charge is -2.25.